The molecule has 0 spiro atoms. The summed E-state index contributed by atoms with van der Waals surface area (Å²) in [6, 6.07) is 8.36. The Morgan fingerprint density at radius 3 is 2.73 bits per heavy atom. The zero-order chi connectivity index (χ0) is 10.7. The molecule has 1 heterocycles. The zero-order valence-electron chi connectivity index (χ0n) is 9.15. The van der Waals surface area contributed by atoms with E-state index in [0.717, 1.165) is 19.4 Å². The van der Waals surface area contributed by atoms with E-state index in [1.807, 2.05) is 0 Å². The van der Waals surface area contributed by atoms with E-state index in [1.165, 1.54) is 11.1 Å². The van der Waals surface area contributed by atoms with Gasteiger partial charge in [0.2, 0.25) is 0 Å². The second kappa shape index (κ2) is 4.77. The van der Waals surface area contributed by atoms with Gasteiger partial charge in [-0.05, 0) is 25.3 Å². The summed E-state index contributed by atoms with van der Waals surface area (Å²) < 4.78 is 5.28. The second-order valence-electron chi connectivity index (χ2n) is 4.38. The molecule has 0 amide bonds. The van der Waals surface area contributed by atoms with E-state index in [2.05, 4.69) is 31.2 Å². The van der Waals surface area contributed by atoms with Crippen LogP contribution in [0.2, 0.25) is 0 Å². The Morgan fingerprint density at radius 1 is 1.40 bits per heavy atom. The van der Waals surface area contributed by atoms with Crippen LogP contribution in [0, 0.1) is 12.8 Å². The number of ether oxygens (including phenoxy) is 1. The Bertz CT molecular complexity index is 299. The fourth-order valence-electron chi connectivity index (χ4n) is 1.99. The van der Waals surface area contributed by atoms with Crippen molar-refractivity contribution in [3.63, 3.8) is 0 Å². The lowest BCUT2D eigenvalue weighted by Crippen LogP contribution is -2.22. The maximum Gasteiger partial charge on any atom is 0.0631 e. The first kappa shape index (κ1) is 10.7. The molecule has 15 heavy (non-hydrogen) atoms. The minimum Gasteiger partial charge on any atom is -0.392 e. The van der Waals surface area contributed by atoms with E-state index in [4.69, 9.17) is 4.74 Å². The van der Waals surface area contributed by atoms with Gasteiger partial charge < -0.3 is 9.84 Å². The van der Waals surface area contributed by atoms with Crippen LogP contribution in [0.1, 0.15) is 17.5 Å². The summed E-state index contributed by atoms with van der Waals surface area (Å²) in [6.45, 7) is 3.59. The lowest BCUT2D eigenvalue weighted by Gasteiger charge is -2.16. The number of aryl methyl sites for hydroxylation is 1. The average molecular weight is 206 g/mol. The number of benzene rings is 1. The molecule has 82 valence electrons. The molecule has 0 aromatic heterocycles. The first-order valence-corrected chi connectivity index (χ1v) is 5.57. The molecule has 1 aliphatic rings. The van der Waals surface area contributed by atoms with Gasteiger partial charge in [-0.15, -0.1) is 0 Å². The Labute approximate surface area is 90.9 Å². The molecule has 0 saturated carbocycles. The number of hydrogen-bond donors (Lipinski definition) is 1. The van der Waals surface area contributed by atoms with E-state index in [-0.39, 0.29) is 6.10 Å². The SMILES string of the molecule is Cc1ccc(CC(O)C2CCOC2)cc1. The smallest absolute Gasteiger partial charge is 0.0631 e. The lowest BCUT2D eigenvalue weighted by atomic mass is 9.95. The van der Waals surface area contributed by atoms with E-state index in [1.54, 1.807) is 0 Å². The molecule has 1 N–H and O–H groups in total. The molecule has 1 saturated heterocycles. The molecule has 1 aromatic carbocycles. The number of aliphatic hydroxyl groups is 1. The van der Waals surface area contributed by atoms with Crippen LogP contribution in [-0.2, 0) is 11.2 Å². The van der Waals surface area contributed by atoms with E-state index in [0.29, 0.717) is 12.5 Å². The van der Waals surface area contributed by atoms with Gasteiger partial charge in [0.25, 0.3) is 0 Å². The standard InChI is InChI=1S/C13H18O2/c1-10-2-4-11(5-3-10)8-13(14)12-6-7-15-9-12/h2-5,12-14H,6-9H2,1H3. The van der Waals surface area contributed by atoms with Crippen LogP contribution in [0.5, 0.6) is 0 Å². The molecule has 2 rings (SSSR count). The highest BCUT2D eigenvalue weighted by Gasteiger charge is 2.23. The van der Waals surface area contributed by atoms with E-state index < -0.39 is 0 Å². The summed E-state index contributed by atoms with van der Waals surface area (Å²) in [5, 5.41) is 9.99. The molecule has 2 nitrogen and oxygen atoms in total. The van der Waals surface area contributed by atoms with Crippen molar-refractivity contribution in [3.8, 4) is 0 Å². The monoisotopic (exact) mass is 206 g/mol. The third kappa shape index (κ3) is 2.80. The van der Waals surface area contributed by atoms with Crippen LogP contribution in [0.25, 0.3) is 0 Å². The number of aliphatic hydroxyl groups excluding tert-OH is 1. The van der Waals surface area contributed by atoms with Gasteiger partial charge in [0.15, 0.2) is 0 Å². The largest absolute Gasteiger partial charge is 0.392 e. The quantitative estimate of drug-likeness (QED) is 0.819. The summed E-state index contributed by atoms with van der Waals surface area (Å²) >= 11 is 0. The predicted octanol–water partition coefficient (Wildman–Crippen LogP) is 1.93. The third-order valence-corrected chi connectivity index (χ3v) is 3.07. The van der Waals surface area contributed by atoms with Crippen molar-refractivity contribution >= 4 is 0 Å². The van der Waals surface area contributed by atoms with Crippen LogP contribution in [0.15, 0.2) is 24.3 Å². The second-order valence-corrected chi connectivity index (χ2v) is 4.38. The van der Waals surface area contributed by atoms with Gasteiger partial charge in [-0.25, -0.2) is 0 Å². The zero-order valence-corrected chi connectivity index (χ0v) is 9.15. The molecule has 1 aliphatic heterocycles. The summed E-state index contributed by atoms with van der Waals surface area (Å²) in [6.07, 6.45) is 1.48. The Morgan fingerprint density at radius 2 is 2.13 bits per heavy atom. The number of rotatable bonds is 3. The van der Waals surface area contributed by atoms with Gasteiger partial charge in [-0.1, -0.05) is 29.8 Å². The van der Waals surface area contributed by atoms with Crippen molar-refractivity contribution in [3.05, 3.63) is 35.4 Å². The normalized spacial score (nSPS) is 22.9. The molecule has 1 aromatic rings. The highest BCUT2D eigenvalue weighted by atomic mass is 16.5. The number of hydrogen-bond acceptors (Lipinski definition) is 2. The average Bonchev–Trinajstić information content (AvgIpc) is 2.74. The van der Waals surface area contributed by atoms with Gasteiger partial charge >= 0.3 is 0 Å². The van der Waals surface area contributed by atoms with Crippen LogP contribution >= 0.6 is 0 Å². The molecule has 2 atom stereocenters. The Kier molecular flexibility index (Phi) is 3.39. The van der Waals surface area contributed by atoms with Crippen molar-refractivity contribution in [2.75, 3.05) is 13.2 Å². The van der Waals surface area contributed by atoms with Crippen molar-refractivity contribution in [2.45, 2.75) is 25.9 Å². The topological polar surface area (TPSA) is 29.5 Å². The summed E-state index contributed by atoms with van der Waals surface area (Å²) in [5.41, 5.74) is 2.47. The highest BCUT2D eigenvalue weighted by molar-refractivity contribution is 5.21. The fraction of sp³-hybridized carbons (Fsp3) is 0.538. The van der Waals surface area contributed by atoms with E-state index in [9.17, 15) is 5.11 Å². The molecule has 2 unspecified atom stereocenters. The molecular formula is C13H18O2. The molecule has 2 heteroatoms. The predicted molar refractivity (Wildman–Crippen MR) is 59.8 cm³/mol. The Hall–Kier alpha value is -0.860. The van der Waals surface area contributed by atoms with Crippen LogP contribution < -0.4 is 0 Å². The Balaban J connectivity index is 1.92. The van der Waals surface area contributed by atoms with Gasteiger partial charge in [-0.3, -0.25) is 0 Å². The third-order valence-electron chi connectivity index (χ3n) is 3.07. The lowest BCUT2D eigenvalue weighted by molar-refractivity contribution is 0.0919. The maximum atomic E-state index is 9.99. The molecule has 1 fully saturated rings. The molecular weight excluding hydrogens is 188 g/mol. The minimum absolute atomic E-state index is 0.254. The molecule has 0 aliphatic carbocycles. The van der Waals surface area contributed by atoms with Crippen molar-refractivity contribution < 1.29 is 9.84 Å². The van der Waals surface area contributed by atoms with Gasteiger partial charge in [-0.2, -0.15) is 0 Å². The highest BCUT2D eigenvalue weighted by Crippen LogP contribution is 2.19. The van der Waals surface area contributed by atoms with Crippen molar-refractivity contribution in [2.24, 2.45) is 5.92 Å². The minimum atomic E-state index is -0.254. The van der Waals surface area contributed by atoms with Crippen molar-refractivity contribution in [1.29, 1.82) is 0 Å². The van der Waals surface area contributed by atoms with Gasteiger partial charge in [0, 0.05) is 12.5 Å². The molecule has 0 radical (unpaired) electrons. The molecule has 0 bridgehead atoms. The summed E-state index contributed by atoms with van der Waals surface area (Å²) in [4.78, 5) is 0. The summed E-state index contributed by atoms with van der Waals surface area (Å²) in [7, 11) is 0. The van der Waals surface area contributed by atoms with Gasteiger partial charge in [0.05, 0.1) is 12.7 Å². The van der Waals surface area contributed by atoms with Crippen LogP contribution in [0.4, 0.5) is 0 Å². The van der Waals surface area contributed by atoms with Crippen LogP contribution in [0.3, 0.4) is 0 Å². The van der Waals surface area contributed by atoms with Crippen LogP contribution in [-0.4, -0.2) is 24.4 Å². The first-order chi connectivity index (χ1) is 7.25. The summed E-state index contributed by atoms with van der Waals surface area (Å²) in [5.74, 6) is 0.325. The first-order valence-electron chi connectivity index (χ1n) is 5.57. The maximum absolute atomic E-state index is 9.99. The van der Waals surface area contributed by atoms with E-state index >= 15 is 0 Å². The van der Waals surface area contributed by atoms with Gasteiger partial charge in [0.1, 0.15) is 0 Å². The van der Waals surface area contributed by atoms with Crippen molar-refractivity contribution in [1.82, 2.24) is 0 Å². The fourth-order valence-corrected chi connectivity index (χ4v) is 1.99.